The lowest BCUT2D eigenvalue weighted by Gasteiger charge is -2.52. The molecule has 0 aromatic carbocycles. The van der Waals surface area contributed by atoms with Gasteiger partial charge in [-0.25, -0.2) is 0 Å². The Labute approximate surface area is 90.3 Å². The van der Waals surface area contributed by atoms with Crippen molar-refractivity contribution >= 4 is 5.91 Å². The fraction of sp³-hybridized carbons (Fsp3) is 0.889. The van der Waals surface area contributed by atoms with Gasteiger partial charge in [-0.15, -0.1) is 0 Å². The molecule has 4 nitrogen and oxygen atoms in total. The Bertz CT molecular complexity index is 295. The molecule has 1 amide bonds. The predicted molar refractivity (Wildman–Crippen MR) is 48.4 cm³/mol. The van der Waals surface area contributed by atoms with Crippen LogP contribution in [0.3, 0.4) is 0 Å². The van der Waals surface area contributed by atoms with Crippen LogP contribution in [0, 0.1) is 5.92 Å². The van der Waals surface area contributed by atoms with Gasteiger partial charge in [-0.1, -0.05) is 0 Å². The lowest BCUT2D eigenvalue weighted by atomic mass is 9.68. The Morgan fingerprint density at radius 3 is 2.75 bits per heavy atom. The number of nitrogens with one attached hydrogen (secondary N) is 1. The van der Waals surface area contributed by atoms with Crippen molar-refractivity contribution in [2.24, 2.45) is 11.7 Å². The number of alkyl halides is 3. The summed E-state index contributed by atoms with van der Waals surface area (Å²) in [5, 5.41) is 1.89. The van der Waals surface area contributed by atoms with Crippen molar-refractivity contribution in [2.75, 3.05) is 6.61 Å². The third-order valence-electron chi connectivity index (χ3n) is 3.23. The summed E-state index contributed by atoms with van der Waals surface area (Å²) in [7, 11) is 0. The zero-order valence-corrected chi connectivity index (χ0v) is 8.46. The average Bonchev–Trinajstić information content (AvgIpc) is 2.23. The normalized spacial score (nSPS) is 38.5. The van der Waals surface area contributed by atoms with E-state index in [1.54, 1.807) is 0 Å². The van der Waals surface area contributed by atoms with Crippen molar-refractivity contribution in [3.05, 3.63) is 0 Å². The molecule has 0 spiro atoms. The molecule has 0 radical (unpaired) electrons. The number of rotatable bonds is 1. The number of halogens is 3. The van der Waals surface area contributed by atoms with E-state index in [4.69, 9.17) is 10.5 Å². The monoisotopic (exact) mass is 238 g/mol. The van der Waals surface area contributed by atoms with Crippen LogP contribution in [0.4, 0.5) is 13.2 Å². The number of hydrogen-bond donors (Lipinski definition) is 2. The molecular weight excluding hydrogens is 225 g/mol. The Morgan fingerprint density at radius 1 is 1.44 bits per heavy atom. The minimum Gasteiger partial charge on any atom is -0.376 e. The number of amides is 1. The third-order valence-corrected chi connectivity index (χ3v) is 3.23. The molecule has 1 aliphatic heterocycles. The number of fused-ring (bicyclic) bond motifs is 1. The van der Waals surface area contributed by atoms with Gasteiger partial charge in [0.1, 0.15) is 0 Å². The van der Waals surface area contributed by atoms with Crippen LogP contribution < -0.4 is 11.1 Å². The van der Waals surface area contributed by atoms with E-state index in [9.17, 15) is 18.0 Å². The van der Waals surface area contributed by atoms with Crippen molar-refractivity contribution in [1.29, 1.82) is 0 Å². The molecule has 2 rings (SSSR count). The molecule has 0 aromatic heterocycles. The number of nitrogens with two attached hydrogens (primary N) is 1. The zero-order valence-electron chi connectivity index (χ0n) is 8.46. The van der Waals surface area contributed by atoms with Gasteiger partial charge in [0.25, 0.3) is 0 Å². The first-order valence-corrected chi connectivity index (χ1v) is 5.16. The maximum Gasteiger partial charge on any atom is 0.471 e. The van der Waals surface area contributed by atoms with Crippen LogP contribution in [0.1, 0.15) is 12.8 Å². The highest BCUT2D eigenvalue weighted by Gasteiger charge is 2.53. The van der Waals surface area contributed by atoms with Gasteiger partial charge in [-0.05, 0) is 12.8 Å². The summed E-state index contributed by atoms with van der Waals surface area (Å²) in [6.07, 6.45) is -3.49. The molecule has 7 heteroatoms. The van der Waals surface area contributed by atoms with Crippen LogP contribution in [0.15, 0.2) is 0 Å². The van der Waals surface area contributed by atoms with Crippen LogP contribution >= 0.6 is 0 Å². The Hall–Kier alpha value is -0.820. The van der Waals surface area contributed by atoms with Gasteiger partial charge >= 0.3 is 12.1 Å². The fourth-order valence-electron chi connectivity index (χ4n) is 2.36. The first-order chi connectivity index (χ1) is 7.41. The highest BCUT2D eigenvalue weighted by molar-refractivity contribution is 5.82. The van der Waals surface area contributed by atoms with Crippen molar-refractivity contribution < 1.29 is 22.7 Å². The lowest BCUT2D eigenvalue weighted by Crippen LogP contribution is -2.72. The smallest absolute Gasteiger partial charge is 0.376 e. The molecule has 4 unspecified atom stereocenters. The quantitative estimate of drug-likeness (QED) is 0.684. The summed E-state index contributed by atoms with van der Waals surface area (Å²) in [4.78, 5) is 10.7. The van der Waals surface area contributed by atoms with Gasteiger partial charge < -0.3 is 15.8 Å². The Morgan fingerprint density at radius 2 is 2.12 bits per heavy atom. The highest BCUT2D eigenvalue weighted by atomic mass is 19.4. The van der Waals surface area contributed by atoms with Crippen LogP contribution in [-0.2, 0) is 9.53 Å². The highest BCUT2D eigenvalue weighted by Crippen LogP contribution is 2.37. The van der Waals surface area contributed by atoms with Crippen LogP contribution in [0.5, 0.6) is 0 Å². The van der Waals surface area contributed by atoms with Crippen LogP contribution in [0.2, 0.25) is 0 Å². The molecule has 1 heterocycles. The number of carbonyl (C=O) groups excluding carboxylic acids is 1. The van der Waals surface area contributed by atoms with E-state index in [1.165, 1.54) is 0 Å². The van der Waals surface area contributed by atoms with E-state index < -0.39 is 24.2 Å². The average molecular weight is 238 g/mol. The standard InChI is InChI=1S/C9H13F3N2O2/c10-9(11,12)8(15)14-6-5(13)4-2-1-3-16-7(4)6/h4-7H,1-3,13H2,(H,14,15). The van der Waals surface area contributed by atoms with E-state index in [1.807, 2.05) is 5.32 Å². The first kappa shape index (κ1) is 11.7. The second-order valence-electron chi connectivity index (χ2n) is 4.22. The van der Waals surface area contributed by atoms with Gasteiger partial charge in [0.2, 0.25) is 0 Å². The molecule has 1 aliphatic carbocycles. The summed E-state index contributed by atoms with van der Waals surface area (Å²) in [5.41, 5.74) is 5.71. The molecule has 1 saturated carbocycles. The van der Waals surface area contributed by atoms with Gasteiger partial charge in [0.05, 0.1) is 12.1 Å². The summed E-state index contributed by atoms with van der Waals surface area (Å²) in [5.74, 6) is -1.87. The zero-order chi connectivity index (χ0) is 11.9. The minimum atomic E-state index is -4.86. The topological polar surface area (TPSA) is 64.3 Å². The second kappa shape index (κ2) is 3.89. The number of hydrogen-bond acceptors (Lipinski definition) is 3. The first-order valence-electron chi connectivity index (χ1n) is 5.16. The molecular formula is C9H13F3N2O2. The molecule has 3 N–H and O–H groups in total. The van der Waals surface area contributed by atoms with Crippen molar-refractivity contribution in [3.63, 3.8) is 0 Å². The van der Waals surface area contributed by atoms with E-state index in [0.717, 1.165) is 12.8 Å². The van der Waals surface area contributed by atoms with Crippen LogP contribution in [-0.4, -0.2) is 36.9 Å². The maximum absolute atomic E-state index is 12.0. The molecule has 0 aromatic rings. The SMILES string of the molecule is NC1C2CCCOC2C1NC(=O)C(F)(F)F. The van der Waals surface area contributed by atoms with Gasteiger partial charge in [-0.3, -0.25) is 4.79 Å². The van der Waals surface area contributed by atoms with Crippen molar-refractivity contribution in [1.82, 2.24) is 5.32 Å². The fourth-order valence-corrected chi connectivity index (χ4v) is 2.36. The van der Waals surface area contributed by atoms with Crippen molar-refractivity contribution in [2.45, 2.75) is 37.2 Å². The van der Waals surface area contributed by atoms with E-state index >= 15 is 0 Å². The number of carbonyl (C=O) groups is 1. The van der Waals surface area contributed by atoms with E-state index in [0.29, 0.717) is 6.61 Å². The molecule has 0 bridgehead atoms. The summed E-state index contributed by atoms with van der Waals surface area (Å²) < 4.78 is 41.4. The van der Waals surface area contributed by atoms with Gasteiger partial charge in [0.15, 0.2) is 0 Å². The Balaban J connectivity index is 1.94. The van der Waals surface area contributed by atoms with Crippen molar-refractivity contribution in [3.8, 4) is 0 Å². The number of ether oxygens (including phenoxy) is 1. The summed E-state index contributed by atoms with van der Waals surface area (Å²) >= 11 is 0. The maximum atomic E-state index is 12.0. The predicted octanol–water partition coefficient (Wildman–Crippen LogP) is 0.170. The molecule has 92 valence electrons. The lowest BCUT2D eigenvalue weighted by molar-refractivity contribution is -0.181. The molecule has 1 saturated heterocycles. The second-order valence-corrected chi connectivity index (χ2v) is 4.22. The van der Waals surface area contributed by atoms with Crippen LogP contribution in [0.25, 0.3) is 0 Å². The molecule has 4 atom stereocenters. The van der Waals surface area contributed by atoms with Gasteiger partial charge in [-0.2, -0.15) is 13.2 Å². The molecule has 2 fully saturated rings. The summed E-state index contributed by atoms with van der Waals surface area (Å²) in [6.45, 7) is 0.520. The third kappa shape index (κ3) is 1.89. The van der Waals surface area contributed by atoms with E-state index in [-0.39, 0.29) is 12.0 Å². The molecule has 2 aliphatic rings. The Kier molecular flexibility index (Phi) is 2.83. The summed E-state index contributed by atoms with van der Waals surface area (Å²) in [6, 6.07) is -1.14. The molecule has 16 heavy (non-hydrogen) atoms. The largest absolute Gasteiger partial charge is 0.471 e. The van der Waals surface area contributed by atoms with E-state index in [2.05, 4.69) is 0 Å². The minimum absolute atomic E-state index is 0.0762. The van der Waals surface area contributed by atoms with Gasteiger partial charge in [0, 0.05) is 18.6 Å².